The molecule has 1 aromatic heterocycles. The highest BCUT2D eigenvalue weighted by molar-refractivity contribution is 9.10. The Bertz CT molecular complexity index is 689. The molecule has 0 aliphatic carbocycles. The third-order valence-corrected chi connectivity index (χ3v) is 4.34. The predicted molar refractivity (Wildman–Crippen MR) is 96.1 cm³/mol. The molecule has 3 rings (SSSR count). The maximum Gasteiger partial charge on any atom is 0.225 e. The van der Waals surface area contributed by atoms with Crippen molar-refractivity contribution in [3.63, 3.8) is 0 Å². The Hall–Kier alpha value is -1.80. The lowest BCUT2D eigenvalue weighted by molar-refractivity contribution is 0.388. The normalized spacial score (nSPS) is 14.7. The minimum Gasteiger partial charge on any atom is -0.345 e. The molecule has 2 aromatic rings. The summed E-state index contributed by atoms with van der Waals surface area (Å²) in [7, 11) is 0. The summed E-state index contributed by atoms with van der Waals surface area (Å²) >= 11 is 8.71. The first-order valence-electron chi connectivity index (χ1n) is 7.16. The van der Waals surface area contributed by atoms with Crippen LogP contribution in [0.2, 0.25) is 0 Å². The van der Waals surface area contributed by atoms with E-state index in [1.807, 2.05) is 4.90 Å². The standard InChI is InChI=1S/C15H15BrFN5S/c16-11-9-18-14(19-10-11)21-5-7-22(8-6-21)15(23)20-13-4-2-1-3-12(13)17/h1-4,9-10H,5-8H2,(H,20,23). The second-order valence-corrected chi connectivity index (χ2v) is 6.39. The third-order valence-electron chi connectivity index (χ3n) is 3.57. The number of benzene rings is 1. The topological polar surface area (TPSA) is 44.3 Å². The number of hydrogen-bond acceptors (Lipinski definition) is 4. The van der Waals surface area contributed by atoms with E-state index in [9.17, 15) is 4.39 Å². The first-order chi connectivity index (χ1) is 11.1. The van der Waals surface area contributed by atoms with Crippen LogP contribution in [0.15, 0.2) is 41.1 Å². The molecule has 0 amide bonds. The lowest BCUT2D eigenvalue weighted by Crippen LogP contribution is -2.50. The van der Waals surface area contributed by atoms with Crippen molar-refractivity contribution in [2.75, 3.05) is 36.4 Å². The van der Waals surface area contributed by atoms with E-state index in [2.05, 4.69) is 36.1 Å². The number of halogens is 2. The molecule has 120 valence electrons. The number of hydrogen-bond donors (Lipinski definition) is 1. The number of aromatic nitrogens is 2. The van der Waals surface area contributed by atoms with E-state index < -0.39 is 0 Å². The maximum atomic E-state index is 13.7. The van der Waals surface area contributed by atoms with Crippen molar-refractivity contribution in [3.05, 3.63) is 46.9 Å². The van der Waals surface area contributed by atoms with Gasteiger partial charge in [-0.15, -0.1) is 0 Å². The quantitative estimate of drug-likeness (QED) is 0.788. The molecule has 1 N–H and O–H groups in total. The molecule has 0 spiro atoms. The molecule has 1 aliphatic heterocycles. The van der Waals surface area contributed by atoms with Crippen LogP contribution in [0.1, 0.15) is 0 Å². The molecule has 8 heteroatoms. The molecule has 23 heavy (non-hydrogen) atoms. The summed E-state index contributed by atoms with van der Waals surface area (Å²) in [6.45, 7) is 3.00. The van der Waals surface area contributed by atoms with E-state index in [1.165, 1.54) is 6.07 Å². The lowest BCUT2D eigenvalue weighted by Gasteiger charge is -2.36. The van der Waals surface area contributed by atoms with Gasteiger partial charge in [-0.3, -0.25) is 0 Å². The minimum atomic E-state index is -0.309. The van der Waals surface area contributed by atoms with Crippen LogP contribution in [0.25, 0.3) is 0 Å². The van der Waals surface area contributed by atoms with Gasteiger partial charge in [0.1, 0.15) is 5.82 Å². The van der Waals surface area contributed by atoms with Crippen molar-refractivity contribution in [3.8, 4) is 0 Å². The van der Waals surface area contributed by atoms with Crippen LogP contribution >= 0.6 is 28.1 Å². The lowest BCUT2D eigenvalue weighted by atomic mass is 10.3. The summed E-state index contributed by atoms with van der Waals surface area (Å²) in [5, 5.41) is 3.50. The molecule has 1 saturated heterocycles. The Morgan fingerprint density at radius 3 is 2.43 bits per heavy atom. The van der Waals surface area contributed by atoms with E-state index in [4.69, 9.17) is 12.2 Å². The van der Waals surface area contributed by atoms with Crippen LogP contribution in [0, 0.1) is 5.82 Å². The van der Waals surface area contributed by atoms with Gasteiger partial charge in [0.05, 0.1) is 10.2 Å². The van der Waals surface area contributed by atoms with Crippen LogP contribution in [0.3, 0.4) is 0 Å². The number of para-hydroxylation sites is 1. The molecule has 1 fully saturated rings. The largest absolute Gasteiger partial charge is 0.345 e. The van der Waals surface area contributed by atoms with E-state index in [1.54, 1.807) is 30.6 Å². The van der Waals surface area contributed by atoms with Crippen LogP contribution in [0.4, 0.5) is 16.0 Å². The van der Waals surface area contributed by atoms with Gasteiger partial charge in [0.2, 0.25) is 5.95 Å². The van der Waals surface area contributed by atoms with Crippen molar-refractivity contribution < 1.29 is 4.39 Å². The van der Waals surface area contributed by atoms with Gasteiger partial charge in [-0.25, -0.2) is 14.4 Å². The summed E-state index contributed by atoms with van der Waals surface area (Å²) in [6, 6.07) is 6.51. The van der Waals surface area contributed by atoms with Gasteiger partial charge in [-0.2, -0.15) is 0 Å². The van der Waals surface area contributed by atoms with Crippen LogP contribution in [-0.2, 0) is 0 Å². The minimum absolute atomic E-state index is 0.309. The molecule has 0 saturated carbocycles. The van der Waals surface area contributed by atoms with Crippen LogP contribution in [-0.4, -0.2) is 46.2 Å². The second-order valence-electron chi connectivity index (χ2n) is 5.09. The number of piperazine rings is 1. The average molecular weight is 396 g/mol. The van der Waals surface area contributed by atoms with E-state index >= 15 is 0 Å². The number of nitrogens with one attached hydrogen (secondary N) is 1. The van der Waals surface area contributed by atoms with Gasteiger partial charge < -0.3 is 15.1 Å². The van der Waals surface area contributed by atoms with Crippen molar-refractivity contribution in [1.82, 2.24) is 14.9 Å². The Kier molecular flexibility index (Phi) is 5.02. The Balaban J connectivity index is 1.57. The summed E-state index contributed by atoms with van der Waals surface area (Å²) in [6.07, 6.45) is 3.47. The summed E-state index contributed by atoms with van der Waals surface area (Å²) in [5.74, 6) is 0.401. The number of thiocarbonyl (C=S) groups is 1. The highest BCUT2D eigenvalue weighted by Crippen LogP contribution is 2.16. The van der Waals surface area contributed by atoms with Gasteiger partial charge in [0.15, 0.2) is 5.11 Å². The summed E-state index contributed by atoms with van der Waals surface area (Å²) < 4.78 is 14.5. The fraction of sp³-hybridized carbons (Fsp3) is 0.267. The Labute approximate surface area is 147 Å². The zero-order chi connectivity index (χ0) is 16.2. The van der Waals surface area contributed by atoms with E-state index in [-0.39, 0.29) is 5.82 Å². The van der Waals surface area contributed by atoms with Gasteiger partial charge in [0, 0.05) is 38.6 Å². The number of nitrogens with zero attached hydrogens (tertiary/aromatic N) is 4. The zero-order valence-electron chi connectivity index (χ0n) is 12.2. The van der Waals surface area contributed by atoms with Gasteiger partial charge in [-0.1, -0.05) is 12.1 Å². The van der Waals surface area contributed by atoms with E-state index in [0.29, 0.717) is 16.7 Å². The third kappa shape index (κ3) is 3.94. The Morgan fingerprint density at radius 2 is 1.78 bits per heavy atom. The Morgan fingerprint density at radius 1 is 1.13 bits per heavy atom. The van der Waals surface area contributed by atoms with Gasteiger partial charge in [-0.05, 0) is 40.3 Å². The molecule has 1 aromatic carbocycles. The fourth-order valence-electron chi connectivity index (χ4n) is 2.34. The van der Waals surface area contributed by atoms with Gasteiger partial charge in [0.25, 0.3) is 0 Å². The van der Waals surface area contributed by atoms with Crippen LogP contribution < -0.4 is 10.2 Å². The number of rotatable bonds is 2. The average Bonchev–Trinajstić information content (AvgIpc) is 2.58. The van der Waals surface area contributed by atoms with Gasteiger partial charge >= 0.3 is 0 Å². The molecule has 0 atom stereocenters. The molecule has 1 aliphatic rings. The van der Waals surface area contributed by atoms with Crippen molar-refractivity contribution in [2.45, 2.75) is 0 Å². The highest BCUT2D eigenvalue weighted by atomic mass is 79.9. The predicted octanol–water partition coefficient (Wildman–Crippen LogP) is 2.90. The molecular formula is C15H15BrFN5S. The fourth-order valence-corrected chi connectivity index (χ4v) is 2.83. The van der Waals surface area contributed by atoms with E-state index in [0.717, 1.165) is 30.7 Å². The summed E-state index contributed by atoms with van der Waals surface area (Å²) in [5.41, 5.74) is 0.399. The maximum absolute atomic E-state index is 13.7. The molecule has 5 nitrogen and oxygen atoms in total. The second kappa shape index (κ2) is 7.18. The molecule has 0 radical (unpaired) electrons. The van der Waals surface area contributed by atoms with Crippen molar-refractivity contribution >= 4 is 44.9 Å². The first kappa shape index (κ1) is 16.1. The summed E-state index contributed by atoms with van der Waals surface area (Å²) in [4.78, 5) is 12.7. The number of anilines is 2. The molecule has 0 bridgehead atoms. The molecular weight excluding hydrogens is 381 g/mol. The highest BCUT2D eigenvalue weighted by Gasteiger charge is 2.21. The molecule has 2 heterocycles. The van der Waals surface area contributed by atoms with Crippen molar-refractivity contribution in [1.29, 1.82) is 0 Å². The SMILES string of the molecule is Fc1ccccc1NC(=S)N1CCN(c2ncc(Br)cn2)CC1. The monoisotopic (exact) mass is 395 g/mol. The van der Waals surface area contributed by atoms with Crippen molar-refractivity contribution in [2.24, 2.45) is 0 Å². The first-order valence-corrected chi connectivity index (χ1v) is 8.36. The zero-order valence-corrected chi connectivity index (χ0v) is 14.6. The molecule has 0 unspecified atom stereocenters. The smallest absolute Gasteiger partial charge is 0.225 e. The van der Waals surface area contributed by atoms with Crippen LogP contribution in [0.5, 0.6) is 0 Å².